The molecule has 2 aromatic carbocycles. The zero-order valence-electron chi connectivity index (χ0n) is 15.1. The number of ether oxygens (including phenoxy) is 3. The Morgan fingerprint density at radius 2 is 1.89 bits per heavy atom. The zero-order chi connectivity index (χ0) is 18.8. The number of fused-ring (bicyclic) bond motifs is 2. The lowest BCUT2D eigenvalue weighted by Crippen LogP contribution is -2.31. The molecule has 6 nitrogen and oxygen atoms in total. The van der Waals surface area contributed by atoms with Crippen LogP contribution in [0.5, 0.6) is 11.5 Å². The predicted octanol–water partition coefficient (Wildman–Crippen LogP) is 2.94. The minimum Gasteiger partial charge on any atom is -0.454 e. The number of nitrogens with one attached hydrogen (secondary N) is 1. The van der Waals surface area contributed by atoms with Gasteiger partial charge in [0.2, 0.25) is 6.79 Å². The number of esters is 1. The topological polar surface area (TPSA) is 73.9 Å². The van der Waals surface area contributed by atoms with Gasteiger partial charge in [0, 0.05) is 0 Å². The highest BCUT2D eigenvalue weighted by molar-refractivity contribution is 5.91. The van der Waals surface area contributed by atoms with Crippen molar-refractivity contribution in [3.8, 4) is 11.5 Å². The van der Waals surface area contributed by atoms with E-state index in [2.05, 4.69) is 5.32 Å². The first kappa shape index (κ1) is 17.4. The van der Waals surface area contributed by atoms with Crippen molar-refractivity contribution in [3.63, 3.8) is 0 Å². The van der Waals surface area contributed by atoms with Crippen LogP contribution in [0.4, 0.5) is 0 Å². The van der Waals surface area contributed by atoms with Gasteiger partial charge in [-0.1, -0.05) is 12.1 Å². The lowest BCUT2D eigenvalue weighted by molar-refractivity contribution is -0.124. The molecule has 0 spiro atoms. The molecule has 4 rings (SSSR count). The molecule has 0 unspecified atom stereocenters. The van der Waals surface area contributed by atoms with E-state index in [1.54, 1.807) is 6.07 Å². The van der Waals surface area contributed by atoms with E-state index in [1.165, 1.54) is 11.1 Å². The first-order valence-electron chi connectivity index (χ1n) is 9.08. The fourth-order valence-electron chi connectivity index (χ4n) is 3.46. The van der Waals surface area contributed by atoms with Crippen LogP contribution < -0.4 is 14.8 Å². The molecule has 0 saturated carbocycles. The van der Waals surface area contributed by atoms with Gasteiger partial charge in [-0.25, -0.2) is 4.79 Å². The number of carbonyl (C=O) groups excluding carboxylic acids is 2. The van der Waals surface area contributed by atoms with Crippen molar-refractivity contribution in [3.05, 3.63) is 58.7 Å². The molecule has 0 fully saturated rings. The summed E-state index contributed by atoms with van der Waals surface area (Å²) in [6, 6.07) is 10.9. The van der Waals surface area contributed by atoms with Gasteiger partial charge in [0.25, 0.3) is 5.91 Å². The van der Waals surface area contributed by atoms with E-state index in [1.807, 2.05) is 37.3 Å². The maximum atomic E-state index is 12.2. The van der Waals surface area contributed by atoms with Crippen LogP contribution in [0, 0.1) is 0 Å². The highest BCUT2D eigenvalue weighted by Gasteiger charge is 2.18. The van der Waals surface area contributed by atoms with E-state index < -0.39 is 5.97 Å². The van der Waals surface area contributed by atoms with Gasteiger partial charge in [-0.15, -0.1) is 0 Å². The van der Waals surface area contributed by atoms with Crippen LogP contribution in [-0.4, -0.2) is 25.3 Å². The van der Waals surface area contributed by atoms with Crippen molar-refractivity contribution in [1.29, 1.82) is 0 Å². The highest BCUT2D eigenvalue weighted by Crippen LogP contribution is 2.34. The number of amides is 1. The smallest absolute Gasteiger partial charge is 0.338 e. The molecule has 2 aliphatic rings. The van der Waals surface area contributed by atoms with Crippen molar-refractivity contribution in [2.45, 2.75) is 32.2 Å². The van der Waals surface area contributed by atoms with Crippen LogP contribution in [0.15, 0.2) is 36.4 Å². The van der Waals surface area contributed by atoms with Gasteiger partial charge in [-0.3, -0.25) is 4.79 Å². The van der Waals surface area contributed by atoms with E-state index in [0.717, 1.165) is 24.8 Å². The Morgan fingerprint density at radius 1 is 1.07 bits per heavy atom. The maximum Gasteiger partial charge on any atom is 0.338 e. The van der Waals surface area contributed by atoms with Gasteiger partial charge in [-0.2, -0.15) is 0 Å². The summed E-state index contributed by atoms with van der Waals surface area (Å²) in [6.45, 7) is 1.75. The quantitative estimate of drug-likeness (QED) is 0.823. The second-order valence-electron chi connectivity index (χ2n) is 6.82. The van der Waals surface area contributed by atoms with Crippen LogP contribution >= 0.6 is 0 Å². The molecule has 2 aromatic rings. The van der Waals surface area contributed by atoms with Crippen LogP contribution in [0.25, 0.3) is 0 Å². The second kappa shape index (κ2) is 7.31. The minimum atomic E-state index is -0.476. The SMILES string of the molecule is C[C@@H](NC(=O)COC(=O)c1ccc2c(c1)CCC2)c1ccc2c(c1)OCO2. The summed E-state index contributed by atoms with van der Waals surface area (Å²) < 4.78 is 15.8. The molecule has 6 heteroatoms. The molecule has 0 bridgehead atoms. The number of hydrogen-bond acceptors (Lipinski definition) is 5. The van der Waals surface area contributed by atoms with Gasteiger partial charge >= 0.3 is 5.97 Å². The van der Waals surface area contributed by atoms with E-state index >= 15 is 0 Å². The van der Waals surface area contributed by atoms with Gasteiger partial charge in [0.1, 0.15) is 0 Å². The fraction of sp³-hybridized carbons (Fsp3) is 0.333. The lowest BCUT2D eigenvalue weighted by atomic mass is 10.1. The van der Waals surface area contributed by atoms with E-state index in [9.17, 15) is 9.59 Å². The van der Waals surface area contributed by atoms with Crippen LogP contribution in [0.2, 0.25) is 0 Å². The van der Waals surface area contributed by atoms with E-state index in [0.29, 0.717) is 17.1 Å². The third kappa shape index (κ3) is 3.74. The summed E-state index contributed by atoms with van der Waals surface area (Å²) in [6.07, 6.45) is 3.17. The normalized spacial score (nSPS) is 15.1. The third-order valence-corrected chi connectivity index (χ3v) is 4.94. The Bertz CT molecular complexity index is 892. The molecular formula is C21H21NO5. The van der Waals surface area contributed by atoms with Crippen LogP contribution in [0.1, 0.15) is 46.4 Å². The lowest BCUT2D eigenvalue weighted by Gasteiger charge is -2.15. The Balaban J connectivity index is 1.31. The molecule has 1 amide bonds. The molecule has 1 atom stereocenters. The number of aryl methyl sites for hydroxylation is 2. The summed E-state index contributed by atoms with van der Waals surface area (Å²) in [5.74, 6) is 0.530. The average Bonchev–Trinajstić information content (AvgIpc) is 3.33. The summed E-state index contributed by atoms with van der Waals surface area (Å²) >= 11 is 0. The molecule has 1 N–H and O–H groups in total. The van der Waals surface area contributed by atoms with Gasteiger partial charge < -0.3 is 19.5 Å². The maximum absolute atomic E-state index is 12.2. The molecule has 0 radical (unpaired) electrons. The van der Waals surface area contributed by atoms with Gasteiger partial charge in [0.15, 0.2) is 18.1 Å². The zero-order valence-corrected chi connectivity index (χ0v) is 15.1. The standard InChI is InChI=1S/C21H21NO5/c1-13(15-7-8-18-19(10-15)27-12-26-18)22-20(23)11-25-21(24)17-6-5-14-3-2-4-16(14)9-17/h5-10,13H,2-4,11-12H2,1H3,(H,22,23)/t13-/m1/s1. The van der Waals surface area contributed by atoms with Crippen LogP contribution in [-0.2, 0) is 22.4 Å². The number of rotatable bonds is 5. The fourth-order valence-corrected chi connectivity index (χ4v) is 3.46. The molecule has 1 heterocycles. The number of carbonyl (C=O) groups is 2. The first-order chi connectivity index (χ1) is 13.1. The second-order valence-corrected chi connectivity index (χ2v) is 6.82. The van der Waals surface area contributed by atoms with Gasteiger partial charge in [0.05, 0.1) is 11.6 Å². The van der Waals surface area contributed by atoms with E-state index in [-0.39, 0.29) is 25.3 Å². The van der Waals surface area contributed by atoms with Crippen molar-refractivity contribution in [2.75, 3.05) is 13.4 Å². The monoisotopic (exact) mass is 367 g/mol. The molecule has 140 valence electrons. The highest BCUT2D eigenvalue weighted by atomic mass is 16.7. The molecule has 27 heavy (non-hydrogen) atoms. The average molecular weight is 367 g/mol. The van der Waals surface area contributed by atoms with Crippen LogP contribution in [0.3, 0.4) is 0 Å². The van der Waals surface area contributed by atoms with Gasteiger partial charge in [-0.05, 0) is 67.1 Å². The Hall–Kier alpha value is -3.02. The summed E-state index contributed by atoms with van der Waals surface area (Å²) in [5, 5.41) is 2.82. The molecule has 1 aliphatic carbocycles. The van der Waals surface area contributed by atoms with Crippen molar-refractivity contribution < 1.29 is 23.8 Å². The van der Waals surface area contributed by atoms with Crippen molar-refractivity contribution in [1.82, 2.24) is 5.32 Å². The molecule has 1 aliphatic heterocycles. The molecule has 0 aromatic heterocycles. The Morgan fingerprint density at radius 3 is 2.78 bits per heavy atom. The predicted molar refractivity (Wildman–Crippen MR) is 97.9 cm³/mol. The summed E-state index contributed by atoms with van der Waals surface area (Å²) in [5.41, 5.74) is 3.87. The van der Waals surface area contributed by atoms with Crippen molar-refractivity contribution >= 4 is 11.9 Å². The molecular weight excluding hydrogens is 346 g/mol. The Kier molecular flexibility index (Phi) is 4.71. The largest absolute Gasteiger partial charge is 0.454 e. The molecule has 0 saturated heterocycles. The summed E-state index contributed by atoms with van der Waals surface area (Å²) in [7, 11) is 0. The minimum absolute atomic E-state index is 0.207. The number of benzene rings is 2. The Labute approximate surface area is 157 Å². The number of hydrogen-bond donors (Lipinski definition) is 1. The first-order valence-corrected chi connectivity index (χ1v) is 9.08. The third-order valence-electron chi connectivity index (χ3n) is 4.94. The van der Waals surface area contributed by atoms with Crippen molar-refractivity contribution in [2.24, 2.45) is 0 Å². The van der Waals surface area contributed by atoms with E-state index in [4.69, 9.17) is 14.2 Å². The summed E-state index contributed by atoms with van der Waals surface area (Å²) in [4.78, 5) is 24.3.